The number of hydroxylamine groups is 2. The van der Waals surface area contributed by atoms with Crippen LogP contribution in [0.15, 0.2) is 24.3 Å². The van der Waals surface area contributed by atoms with Crippen LogP contribution in [0.3, 0.4) is 0 Å². The molecule has 5 heteroatoms. The van der Waals surface area contributed by atoms with Crippen LogP contribution < -0.4 is 0 Å². The van der Waals surface area contributed by atoms with E-state index in [9.17, 15) is 14.4 Å². The molecule has 120 valence electrons. The third-order valence-electron chi connectivity index (χ3n) is 6.41. The van der Waals surface area contributed by atoms with Crippen LogP contribution in [0, 0.1) is 16.7 Å². The fourth-order valence-electron chi connectivity index (χ4n) is 4.75. The number of imide groups is 1. The summed E-state index contributed by atoms with van der Waals surface area (Å²) in [4.78, 5) is 42.9. The minimum Gasteiger partial charge on any atom is -0.329 e. The zero-order valence-corrected chi connectivity index (χ0v) is 13.3. The van der Waals surface area contributed by atoms with Crippen LogP contribution in [0.2, 0.25) is 0 Å². The first kappa shape index (κ1) is 14.4. The molecule has 0 atom stereocenters. The van der Waals surface area contributed by atoms with Crippen LogP contribution in [-0.4, -0.2) is 22.8 Å². The summed E-state index contributed by atoms with van der Waals surface area (Å²) in [6.07, 6.45) is 3.55. The van der Waals surface area contributed by atoms with Gasteiger partial charge in [0, 0.05) is 0 Å². The van der Waals surface area contributed by atoms with Crippen molar-refractivity contribution in [1.82, 2.24) is 5.06 Å². The number of carbonyl (C=O) groups excluding carboxylic acids is 3. The summed E-state index contributed by atoms with van der Waals surface area (Å²) in [5.41, 5.74) is -0.147. The number of hydrogen-bond acceptors (Lipinski definition) is 4. The molecule has 2 amide bonds. The quantitative estimate of drug-likeness (QED) is 0.787. The summed E-state index contributed by atoms with van der Waals surface area (Å²) >= 11 is 0. The number of amides is 2. The van der Waals surface area contributed by atoms with E-state index in [1.54, 1.807) is 24.3 Å². The number of rotatable bonds is 2. The van der Waals surface area contributed by atoms with Gasteiger partial charge >= 0.3 is 5.97 Å². The minimum atomic E-state index is -0.576. The second kappa shape index (κ2) is 4.43. The predicted molar refractivity (Wildman–Crippen MR) is 81.2 cm³/mol. The van der Waals surface area contributed by atoms with E-state index in [4.69, 9.17) is 4.84 Å². The maximum atomic E-state index is 12.9. The first-order valence-corrected chi connectivity index (χ1v) is 8.09. The Kier molecular flexibility index (Phi) is 2.78. The van der Waals surface area contributed by atoms with Crippen molar-refractivity contribution in [1.29, 1.82) is 0 Å². The highest BCUT2D eigenvalue weighted by Crippen LogP contribution is 2.66. The Hall–Kier alpha value is -2.17. The summed E-state index contributed by atoms with van der Waals surface area (Å²) < 4.78 is 0. The summed E-state index contributed by atoms with van der Waals surface area (Å²) in [6.45, 7) is 4.20. The summed E-state index contributed by atoms with van der Waals surface area (Å²) in [6, 6.07) is 6.53. The van der Waals surface area contributed by atoms with E-state index in [2.05, 4.69) is 13.8 Å². The van der Waals surface area contributed by atoms with E-state index >= 15 is 0 Å². The zero-order chi connectivity index (χ0) is 16.4. The Morgan fingerprint density at radius 3 is 2.04 bits per heavy atom. The molecule has 1 aliphatic heterocycles. The van der Waals surface area contributed by atoms with Crippen LogP contribution in [0.25, 0.3) is 0 Å². The second-order valence-corrected chi connectivity index (χ2v) is 7.41. The maximum Gasteiger partial charge on any atom is 0.339 e. The van der Waals surface area contributed by atoms with Crippen molar-refractivity contribution < 1.29 is 19.2 Å². The van der Waals surface area contributed by atoms with Gasteiger partial charge in [0.05, 0.1) is 16.5 Å². The highest BCUT2D eigenvalue weighted by Gasteiger charge is 2.64. The van der Waals surface area contributed by atoms with Gasteiger partial charge in [-0.1, -0.05) is 31.0 Å². The number of benzene rings is 1. The molecule has 2 saturated carbocycles. The van der Waals surface area contributed by atoms with Crippen molar-refractivity contribution in [3.8, 4) is 0 Å². The third kappa shape index (κ3) is 1.65. The van der Waals surface area contributed by atoms with Gasteiger partial charge in [0.15, 0.2) is 0 Å². The normalized spacial score (nSPS) is 30.7. The van der Waals surface area contributed by atoms with Crippen LogP contribution in [0.5, 0.6) is 0 Å². The molecule has 2 aliphatic carbocycles. The lowest BCUT2D eigenvalue weighted by atomic mass is 9.69. The summed E-state index contributed by atoms with van der Waals surface area (Å²) in [7, 11) is 0. The van der Waals surface area contributed by atoms with Crippen molar-refractivity contribution in [2.45, 2.75) is 39.5 Å². The lowest BCUT2D eigenvalue weighted by Crippen LogP contribution is -2.44. The molecule has 0 spiro atoms. The van der Waals surface area contributed by atoms with Crippen LogP contribution >= 0.6 is 0 Å². The number of hydrogen-bond donors (Lipinski definition) is 0. The van der Waals surface area contributed by atoms with Gasteiger partial charge in [-0.05, 0) is 49.1 Å². The first-order chi connectivity index (χ1) is 10.9. The average molecular weight is 313 g/mol. The summed E-state index contributed by atoms with van der Waals surface area (Å²) in [5.74, 6) is -1.03. The molecule has 0 radical (unpaired) electrons. The second-order valence-electron chi connectivity index (χ2n) is 7.41. The maximum absolute atomic E-state index is 12.9. The van der Waals surface area contributed by atoms with Crippen molar-refractivity contribution in [2.24, 2.45) is 16.7 Å². The SMILES string of the molecule is CC1(C)C2CCC1(C(=O)ON1C(=O)c3ccccc3C1=O)CC2. The van der Waals surface area contributed by atoms with Crippen molar-refractivity contribution in [3.05, 3.63) is 35.4 Å². The monoisotopic (exact) mass is 313 g/mol. The Labute approximate surface area is 134 Å². The van der Waals surface area contributed by atoms with E-state index in [-0.39, 0.29) is 16.5 Å². The summed E-state index contributed by atoms with van der Waals surface area (Å²) in [5, 5.41) is 0.642. The van der Waals surface area contributed by atoms with Gasteiger partial charge in [0.2, 0.25) is 0 Å². The minimum absolute atomic E-state index is 0.150. The first-order valence-electron chi connectivity index (χ1n) is 8.09. The lowest BCUT2D eigenvalue weighted by molar-refractivity contribution is -0.186. The molecule has 23 heavy (non-hydrogen) atoms. The van der Waals surface area contributed by atoms with Crippen LogP contribution in [-0.2, 0) is 9.63 Å². The predicted octanol–water partition coefficient (Wildman–Crippen LogP) is 2.96. The Balaban J connectivity index is 1.62. The molecule has 0 unspecified atom stereocenters. The molecule has 1 aromatic rings. The Bertz CT molecular complexity index is 693. The standard InChI is InChI=1S/C18H19NO4/c1-17(2)11-7-9-18(17,10-8-11)16(22)23-19-14(20)12-5-3-4-6-13(12)15(19)21/h3-6,11H,7-10H2,1-2H3. The van der Waals surface area contributed by atoms with E-state index in [0.29, 0.717) is 11.0 Å². The van der Waals surface area contributed by atoms with Gasteiger partial charge in [-0.25, -0.2) is 4.79 Å². The Morgan fingerprint density at radius 1 is 1.09 bits per heavy atom. The van der Waals surface area contributed by atoms with Crippen molar-refractivity contribution in [3.63, 3.8) is 0 Å². The fourth-order valence-corrected chi connectivity index (χ4v) is 4.75. The molecular weight excluding hydrogens is 294 g/mol. The van der Waals surface area contributed by atoms with Gasteiger partial charge in [-0.15, -0.1) is 0 Å². The van der Waals surface area contributed by atoms with E-state index < -0.39 is 23.2 Å². The number of carbonyl (C=O) groups is 3. The number of fused-ring (bicyclic) bond motifs is 3. The highest BCUT2D eigenvalue weighted by atomic mass is 16.7. The molecule has 0 saturated heterocycles. The van der Waals surface area contributed by atoms with Gasteiger partial charge < -0.3 is 4.84 Å². The van der Waals surface area contributed by atoms with E-state index in [1.165, 1.54) is 0 Å². The molecule has 0 N–H and O–H groups in total. The topological polar surface area (TPSA) is 63.7 Å². The smallest absolute Gasteiger partial charge is 0.329 e. The molecule has 3 aliphatic rings. The average Bonchev–Trinajstić information content (AvgIpc) is 3.06. The van der Waals surface area contributed by atoms with Gasteiger partial charge in [0.25, 0.3) is 11.8 Å². The van der Waals surface area contributed by atoms with Gasteiger partial charge in [-0.2, -0.15) is 0 Å². The van der Waals surface area contributed by atoms with E-state index in [1.807, 2.05) is 0 Å². The third-order valence-corrected chi connectivity index (χ3v) is 6.41. The van der Waals surface area contributed by atoms with Crippen LogP contribution in [0.1, 0.15) is 60.2 Å². The largest absolute Gasteiger partial charge is 0.339 e. The van der Waals surface area contributed by atoms with Crippen LogP contribution in [0.4, 0.5) is 0 Å². The molecule has 4 rings (SSSR count). The Morgan fingerprint density at radius 2 is 1.61 bits per heavy atom. The molecule has 1 aromatic carbocycles. The fraction of sp³-hybridized carbons (Fsp3) is 0.500. The molecule has 2 fully saturated rings. The zero-order valence-electron chi connectivity index (χ0n) is 13.3. The molecule has 0 aromatic heterocycles. The lowest BCUT2D eigenvalue weighted by Gasteiger charge is -2.35. The molecule has 5 nitrogen and oxygen atoms in total. The van der Waals surface area contributed by atoms with Gasteiger partial charge in [0.1, 0.15) is 0 Å². The number of nitrogens with zero attached hydrogens (tertiary/aromatic N) is 1. The van der Waals surface area contributed by atoms with Crippen molar-refractivity contribution in [2.75, 3.05) is 0 Å². The molecular formula is C18H19NO4. The van der Waals surface area contributed by atoms with Crippen molar-refractivity contribution >= 4 is 17.8 Å². The molecule has 1 heterocycles. The molecule has 2 bridgehead atoms. The van der Waals surface area contributed by atoms with Gasteiger partial charge in [-0.3, -0.25) is 9.59 Å². The highest BCUT2D eigenvalue weighted by molar-refractivity contribution is 6.20. The van der Waals surface area contributed by atoms with E-state index in [0.717, 1.165) is 25.7 Å².